The number of unbranched alkanes of at least 4 members (excludes halogenated alkanes) is 1. The summed E-state index contributed by atoms with van der Waals surface area (Å²) >= 11 is 0. The van der Waals surface area contributed by atoms with E-state index < -0.39 is 23.8 Å². The minimum Gasteiger partial charge on any atom is -0.459 e. The molecule has 18 heavy (non-hydrogen) atoms. The highest BCUT2D eigenvalue weighted by Crippen LogP contribution is 2.27. The van der Waals surface area contributed by atoms with Gasteiger partial charge in [-0.2, -0.15) is 13.2 Å². The lowest BCUT2D eigenvalue weighted by molar-refractivity contribution is -0.158. The van der Waals surface area contributed by atoms with Gasteiger partial charge < -0.3 is 4.74 Å². The fourth-order valence-electron chi connectivity index (χ4n) is 1.45. The molecule has 0 amide bonds. The maximum Gasteiger partial charge on any atom is 0.422 e. The van der Waals surface area contributed by atoms with Crippen molar-refractivity contribution in [1.82, 2.24) is 0 Å². The van der Waals surface area contributed by atoms with Crippen molar-refractivity contribution < 1.29 is 22.7 Å². The Kier molecular flexibility index (Phi) is 7.02. The van der Waals surface area contributed by atoms with E-state index in [2.05, 4.69) is 6.58 Å². The van der Waals surface area contributed by atoms with E-state index in [0.29, 0.717) is 6.42 Å². The van der Waals surface area contributed by atoms with E-state index >= 15 is 0 Å². The van der Waals surface area contributed by atoms with Gasteiger partial charge in [0.15, 0.2) is 0 Å². The van der Waals surface area contributed by atoms with Crippen LogP contribution in [-0.2, 0) is 9.53 Å². The van der Waals surface area contributed by atoms with Crippen molar-refractivity contribution in [3.8, 4) is 0 Å². The van der Waals surface area contributed by atoms with Crippen LogP contribution in [0.2, 0.25) is 0 Å². The number of ether oxygens (including phenoxy) is 1. The van der Waals surface area contributed by atoms with Crippen LogP contribution < -0.4 is 0 Å². The Bertz CT molecular complexity index is 284. The van der Waals surface area contributed by atoms with E-state index in [1.54, 1.807) is 0 Å². The molecule has 0 aliphatic carbocycles. The number of rotatable bonds is 7. The molecule has 0 aromatic carbocycles. The third-order valence-corrected chi connectivity index (χ3v) is 2.97. The molecule has 0 saturated carbocycles. The molecule has 0 aromatic heterocycles. The lowest BCUT2D eigenvalue weighted by atomic mass is 9.97. The van der Waals surface area contributed by atoms with Crippen LogP contribution in [0.25, 0.3) is 0 Å². The topological polar surface area (TPSA) is 26.3 Å². The Labute approximate surface area is 106 Å². The van der Waals surface area contributed by atoms with E-state index in [0.717, 1.165) is 19.3 Å². The Morgan fingerprint density at radius 3 is 2.28 bits per heavy atom. The summed E-state index contributed by atoms with van der Waals surface area (Å²) in [7, 11) is 0. The number of halogens is 3. The molecule has 5 heteroatoms. The molecule has 0 bridgehead atoms. The summed E-state index contributed by atoms with van der Waals surface area (Å²) in [5.74, 6) is -1.31. The average molecular weight is 266 g/mol. The summed E-state index contributed by atoms with van der Waals surface area (Å²) in [6, 6.07) is 0. The molecule has 0 N–H and O–H groups in total. The van der Waals surface area contributed by atoms with E-state index in [-0.39, 0.29) is 5.92 Å². The van der Waals surface area contributed by atoms with Gasteiger partial charge in [-0.1, -0.05) is 46.6 Å². The van der Waals surface area contributed by atoms with Gasteiger partial charge in [-0.05, 0) is 12.3 Å². The maximum atomic E-state index is 12.3. The van der Waals surface area contributed by atoms with Gasteiger partial charge in [-0.3, -0.25) is 0 Å². The summed E-state index contributed by atoms with van der Waals surface area (Å²) in [6.07, 6.45) is -2.13. The predicted octanol–water partition coefficient (Wildman–Crippen LogP) is 4.25. The molecule has 0 spiro atoms. The van der Waals surface area contributed by atoms with E-state index in [4.69, 9.17) is 4.74 Å². The van der Waals surface area contributed by atoms with Crippen LogP contribution in [0.3, 0.4) is 0 Å². The first-order valence-electron chi connectivity index (χ1n) is 6.21. The van der Waals surface area contributed by atoms with Crippen LogP contribution in [0.15, 0.2) is 12.2 Å². The Morgan fingerprint density at radius 2 is 1.89 bits per heavy atom. The van der Waals surface area contributed by atoms with Crippen LogP contribution in [0.5, 0.6) is 0 Å². The summed E-state index contributed by atoms with van der Waals surface area (Å²) in [6.45, 7) is 8.50. The molecule has 0 heterocycles. The highest BCUT2D eigenvalue weighted by molar-refractivity contribution is 5.89. The summed E-state index contributed by atoms with van der Waals surface area (Å²) in [4.78, 5) is 11.3. The number of esters is 1. The SMILES string of the molecule is C=C(C(=O)OC(CCCC)C(C)CC)C(F)(F)F. The lowest BCUT2D eigenvalue weighted by Crippen LogP contribution is -2.29. The van der Waals surface area contributed by atoms with Crippen molar-refractivity contribution in [1.29, 1.82) is 0 Å². The molecule has 0 aliphatic rings. The van der Waals surface area contributed by atoms with Crippen molar-refractivity contribution in [3.05, 3.63) is 12.2 Å². The van der Waals surface area contributed by atoms with Crippen LogP contribution in [0, 0.1) is 5.92 Å². The third-order valence-electron chi connectivity index (χ3n) is 2.97. The summed E-state index contributed by atoms with van der Waals surface area (Å²) in [5.41, 5.74) is -1.44. The summed E-state index contributed by atoms with van der Waals surface area (Å²) < 4.78 is 41.8. The lowest BCUT2D eigenvalue weighted by Gasteiger charge is -2.24. The second kappa shape index (κ2) is 7.44. The number of carbonyl (C=O) groups excluding carboxylic acids is 1. The van der Waals surface area contributed by atoms with Gasteiger partial charge in [0.2, 0.25) is 0 Å². The molecular weight excluding hydrogens is 245 g/mol. The van der Waals surface area contributed by atoms with Crippen molar-refractivity contribution in [2.24, 2.45) is 5.92 Å². The van der Waals surface area contributed by atoms with E-state index in [1.165, 1.54) is 0 Å². The molecule has 106 valence electrons. The largest absolute Gasteiger partial charge is 0.459 e. The standard InChI is InChI=1S/C13H21F3O2/c1-5-7-8-11(9(3)6-2)18-12(17)10(4)13(14,15)16/h9,11H,4-8H2,1-3H3. The number of hydrogen-bond acceptors (Lipinski definition) is 2. The zero-order valence-corrected chi connectivity index (χ0v) is 11.1. The second-order valence-electron chi connectivity index (χ2n) is 4.45. The molecule has 0 rings (SSSR count). The van der Waals surface area contributed by atoms with Gasteiger partial charge in [-0.25, -0.2) is 4.79 Å². The first-order chi connectivity index (χ1) is 8.23. The van der Waals surface area contributed by atoms with Crippen LogP contribution >= 0.6 is 0 Å². The van der Waals surface area contributed by atoms with Crippen molar-refractivity contribution >= 4 is 5.97 Å². The average Bonchev–Trinajstić information content (AvgIpc) is 2.30. The highest BCUT2D eigenvalue weighted by Gasteiger charge is 2.39. The van der Waals surface area contributed by atoms with E-state index in [1.807, 2.05) is 20.8 Å². The Balaban J connectivity index is 4.57. The Morgan fingerprint density at radius 1 is 1.33 bits per heavy atom. The zero-order valence-electron chi connectivity index (χ0n) is 11.1. The predicted molar refractivity (Wildman–Crippen MR) is 64.1 cm³/mol. The van der Waals surface area contributed by atoms with Crippen molar-refractivity contribution in [2.75, 3.05) is 0 Å². The van der Waals surface area contributed by atoms with Gasteiger partial charge in [0.1, 0.15) is 11.7 Å². The monoisotopic (exact) mass is 266 g/mol. The molecule has 0 aliphatic heterocycles. The molecule has 2 unspecified atom stereocenters. The van der Waals surface area contributed by atoms with Crippen LogP contribution in [0.1, 0.15) is 46.5 Å². The number of hydrogen-bond donors (Lipinski definition) is 0. The minimum atomic E-state index is -4.72. The Hall–Kier alpha value is -1.00. The molecular formula is C13H21F3O2. The fourth-order valence-corrected chi connectivity index (χ4v) is 1.45. The molecule has 0 radical (unpaired) electrons. The van der Waals surface area contributed by atoms with Crippen molar-refractivity contribution in [3.63, 3.8) is 0 Å². The number of alkyl halides is 3. The van der Waals surface area contributed by atoms with Crippen molar-refractivity contribution in [2.45, 2.75) is 58.7 Å². The molecule has 2 atom stereocenters. The normalized spacial score (nSPS) is 15.0. The van der Waals surface area contributed by atoms with Gasteiger partial charge in [0, 0.05) is 0 Å². The fraction of sp³-hybridized carbons (Fsp3) is 0.769. The van der Waals surface area contributed by atoms with Crippen LogP contribution in [-0.4, -0.2) is 18.2 Å². The first-order valence-corrected chi connectivity index (χ1v) is 6.21. The van der Waals surface area contributed by atoms with E-state index in [9.17, 15) is 18.0 Å². The quantitative estimate of drug-likeness (QED) is 0.508. The third kappa shape index (κ3) is 5.56. The van der Waals surface area contributed by atoms with Gasteiger partial charge in [-0.15, -0.1) is 0 Å². The molecule has 0 fully saturated rings. The van der Waals surface area contributed by atoms with Gasteiger partial charge >= 0.3 is 12.1 Å². The zero-order chi connectivity index (χ0) is 14.3. The smallest absolute Gasteiger partial charge is 0.422 e. The molecule has 0 aromatic rings. The first kappa shape index (κ1) is 17.0. The summed E-state index contributed by atoms with van der Waals surface area (Å²) in [5, 5.41) is 0. The van der Waals surface area contributed by atoms with Gasteiger partial charge in [0.25, 0.3) is 0 Å². The second-order valence-corrected chi connectivity index (χ2v) is 4.45. The number of carbonyl (C=O) groups is 1. The molecule has 0 saturated heterocycles. The van der Waals surface area contributed by atoms with Gasteiger partial charge in [0.05, 0.1) is 0 Å². The van der Waals surface area contributed by atoms with Crippen LogP contribution in [0.4, 0.5) is 13.2 Å². The maximum absolute atomic E-state index is 12.3. The highest BCUT2D eigenvalue weighted by atomic mass is 19.4. The minimum absolute atomic E-state index is 0.0431. The molecule has 2 nitrogen and oxygen atoms in total.